The van der Waals surface area contributed by atoms with Gasteiger partial charge in [0.15, 0.2) is 0 Å². The molecule has 1 heterocycles. The number of rotatable bonds is 6. The second-order valence-electron chi connectivity index (χ2n) is 7.40. The molecule has 27 heavy (non-hydrogen) atoms. The zero-order chi connectivity index (χ0) is 18.1. The average Bonchev–Trinajstić information content (AvgIpc) is 3.06. The molecule has 0 radical (unpaired) electrons. The van der Waals surface area contributed by atoms with E-state index in [0.29, 0.717) is 17.5 Å². The summed E-state index contributed by atoms with van der Waals surface area (Å²) in [5.74, 6) is 0. The highest BCUT2D eigenvalue weighted by Crippen LogP contribution is 2.41. The Morgan fingerprint density at radius 2 is 1.85 bits per heavy atom. The van der Waals surface area contributed by atoms with Gasteiger partial charge in [-0.15, -0.1) is 12.4 Å². The number of nitrogens with one attached hydrogen (secondary N) is 1. The van der Waals surface area contributed by atoms with Crippen LogP contribution in [0.2, 0.25) is 0 Å². The molecule has 1 aliphatic heterocycles. The summed E-state index contributed by atoms with van der Waals surface area (Å²) in [4.78, 5) is 2.89. The molecule has 0 saturated carbocycles. The quantitative estimate of drug-likeness (QED) is 0.745. The number of halogens is 1. The minimum atomic E-state index is -3.41. The number of benzene rings is 2. The fourth-order valence-electron chi connectivity index (χ4n) is 4.37. The van der Waals surface area contributed by atoms with Crippen molar-refractivity contribution in [1.29, 1.82) is 0 Å². The topological polar surface area (TPSA) is 49.4 Å². The summed E-state index contributed by atoms with van der Waals surface area (Å²) >= 11 is 0. The van der Waals surface area contributed by atoms with Gasteiger partial charge in [-0.25, -0.2) is 13.1 Å². The Kier molecular flexibility index (Phi) is 6.26. The minimum absolute atomic E-state index is 0. The van der Waals surface area contributed by atoms with Gasteiger partial charge >= 0.3 is 0 Å². The molecule has 2 aliphatic rings. The molecule has 2 aromatic carbocycles. The van der Waals surface area contributed by atoms with E-state index in [4.69, 9.17) is 0 Å². The van der Waals surface area contributed by atoms with Crippen LogP contribution in [0.5, 0.6) is 0 Å². The second kappa shape index (κ2) is 8.31. The summed E-state index contributed by atoms with van der Waals surface area (Å²) in [6, 6.07) is 14.3. The highest BCUT2D eigenvalue weighted by atomic mass is 35.5. The molecule has 0 amide bonds. The Hall–Kier alpha value is -1.40. The SMILES string of the molecule is Cc1cccc(S(=O)(=O)NCCCN2CCc3cccc4c3C2CC4)c1.Cl. The number of aryl methyl sites for hydroxylation is 2. The maximum Gasteiger partial charge on any atom is 0.240 e. The molecule has 1 unspecified atom stereocenters. The molecule has 2 aromatic rings. The number of nitrogens with zero attached hydrogens (tertiary/aromatic N) is 1. The molecule has 1 atom stereocenters. The van der Waals surface area contributed by atoms with Crippen molar-refractivity contribution < 1.29 is 8.42 Å². The van der Waals surface area contributed by atoms with Gasteiger partial charge in [-0.05, 0) is 67.0 Å². The van der Waals surface area contributed by atoms with Crippen LogP contribution < -0.4 is 4.72 Å². The summed E-state index contributed by atoms with van der Waals surface area (Å²) in [5.41, 5.74) is 5.54. The fourth-order valence-corrected chi connectivity index (χ4v) is 5.55. The number of sulfonamides is 1. The number of hydrogen-bond acceptors (Lipinski definition) is 3. The third kappa shape index (κ3) is 4.21. The first-order chi connectivity index (χ1) is 12.5. The van der Waals surface area contributed by atoms with Gasteiger partial charge in [0, 0.05) is 25.7 Å². The van der Waals surface area contributed by atoms with Crippen molar-refractivity contribution in [2.24, 2.45) is 0 Å². The van der Waals surface area contributed by atoms with E-state index in [0.717, 1.165) is 31.5 Å². The molecule has 1 N–H and O–H groups in total. The molecule has 0 saturated heterocycles. The van der Waals surface area contributed by atoms with E-state index < -0.39 is 10.0 Å². The normalized spacial score (nSPS) is 18.8. The molecule has 0 spiro atoms. The highest BCUT2D eigenvalue weighted by molar-refractivity contribution is 7.89. The van der Waals surface area contributed by atoms with E-state index in [2.05, 4.69) is 27.8 Å². The lowest BCUT2D eigenvalue weighted by molar-refractivity contribution is 0.184. The highest BCUT2D eigenvalue weighted by Gasteiger charge is 2.32. The zero-order valence-corrected chi connectivity index (χ0v) is 17.3. The Bertz CT molecular complexity index is 914. The molecular weight excluding hydrogens is 380 g/mol. The van der Waals surface area contributed by atoms with Crippen LogP contribution in [0, 0.1) is 6.92 Å². The molecule has 146 valence electrons. The monoisotopic (exact) mass is 406 g/mol. The Morgan fingerprint density at radius 3 is 2.63 bits per heavy atom. The molecule has 0 fully saturated rings. The van der Waals surface area contributed by atoms with Crippen LogP contribution in [0.15, 0.2) is 47.4 Å². The van der Waals surface area contributed by atoms with Crippen LogP contribution in [0.4, 0.5) is 0 Å². The second-order valence-corrected chi connectivity index (χ2v) is 9.17. The van der Waals surface area contributed by atoms with E-state index in [1.54, 1.807) is 23.8 Å². The smallest absolute Gasteiger partial charge is 0.240 e. The summed E-state index contributed by atoms with van der Waals surface area (Å²) in [6.07, 6.45) is 4.30. The standard InChI is InChI=1S/C21H26N2O2S.ClH/c1-16-5-2-8-19(15-16)26(24,25)22-12-4-13-23-14-11-18-7-3-6-17-9-10-20(23)21(17)18;/h2-3,5-8,15,20,22H,4,9-14H2,1H3;1H. The maximum atomic E-state index is 12.4. The van der Waals surface area contributed by atoms with E-state index in [1.807, 2.05) is 13.0 Å². The molecule has 0 aromatic heterocycles. The lowest BCUT2D eigenvalue weighted by atomic mass is 9.93. The van der Waals surface area contributed by atoms with Gasteiger partial charge in [-0.1, -0.05) is 30.3 Å². The van der Waals surface area contributed by atoms with Crippen molar-refractivity contribution in [3.8, 4) is 0 Å². The van der Waals surface area contributed by atoms with Crippen LogP contribution >= 0.6 is 12.4 Å². The van der Waals surface area contributed by atoms with Crippen molar-refractivity contribution >= 4 is 22.4 Å². The largest absolute Gasteiger partial charge is 0.296 e. The van der Waals surface area contributed by atoms with Gasteiger partial charge in [0.2, 0.25) is 10.0 Å². The van der Waals surface area contributed by atoms with Crippen molar-refractivity contribution in [3.05, 3.63) is 64.7 Å². The first-order valence-corrected chi connectivity index (χ1v) is 10.9. The Balaban J connectivity index is 0.00000210. The van der Waals surface area contributed by atoms with Crippen LogP contribution in [0.25, 0.3) is 0 Å². The van der Waals surface area contributed by atoms with E-state index in [-0.39, 0.29) is 12.4 Å². The van der Waals surface area contributed by atoms with Crippen LogP contribution in [0.1, 0.15) is 41.1 Å². The molecule has 4 nitrogen and oxygen atoms in total. The molecule has 4 rings (SSSR count). The van der Waals surface area contributed by atoms with Crippen molar-refractivity contribution in [2.75, 3.05) is 19.6 Å². The summed E-state index contributed by atoms with van der Waals surface area (Å²) < 4.78 is 27.6. The van der Waals surface area contributed by atoms with Crippen LogP contribution in [-0.4, -0.2) is 33.0 Å². The molecule has 6 heteroatoms. The van der Waals surface area contributed by atoms with Gasteiger partial charge in [-0.2, -0.15) is 0 Å². The van der Waals surface area contributed by atoms with Gasteiger partial charge in [-0.3, -0.25) is 4.90 Å². The maximum absolute atomic E-state index is 12.4. The minimum Gasteiger partial charge on any atom is -0.296 e. The fraction of sp³-hybridized carbons (Fsp3) is 0.429. The van der Waals surface area contributed by atoms with Crippen LogP contribution in [0.3, 0.4) is 0 Å². The Labute approximate surface area is 168 Å². The third-order valence-corrected chi connectivity index (χ3v) is 7.09. The predicted molar refractivity (Wildman–Crippen MR) is 111 cm³/mol. The molecular formula is C21H27ClN2O2S. The van der Waals surface area contributed by atoms with Crippen LogP contribution in [-0.2, 0) is 22.9 Å². The lowest BCUT2D eigenvalue weighted by Crippen LogP contribution is -2.36. The van der Waals surface area contributed by atoms with Crippen molar-refractivity contribution in [2.45, 2.75) is 43.5 Å². The zero-order valence-electron chi connectivity index (χ0n) is 15.6. The first kappa shape index (κ1) is 20.3. The molecule has 1 aliphatic carbocycles. The van der Waals surface area contributed by atoms with E-state index >= 15 is 0 Å². The van der Waals surface area contributed by atoms with Gasteiger partial charge in [0.05, 0.1) is 4.90 Å². The third-order valence-electron chi connectivity index (χ3n) is 5.63. The Morgan fingerprint density at radius 1 is 1.11 bits per heavy atom. The van der Waals surface area contributed by atoms with Gasteiger partial charge in [0.1, 0.15) is 0 Å². The number of hydrogen-bond donors (Lipinski definition) is 1. The van der Waals surface area contributed by atoms with Crippen molar-refractivity contribution in [3.63, 3.8) is 0 Å². The predicted octanol–water partition coefficient (Wildman–Crippen LogP) is 3.63. The summed E-state index contributed by atoms with van der Waals surface area (Å²) in [5, 5.41) is 0. The van der Waals surface area contributed by atoms with Gasteiger partial charge in [0.25, 0.3) is 0 Å². The summed E-state index contributed by atoms with van der Waals surface area (Å²) in [6.45, 7) is 4.40. The summed E-state index contributed by atoms with van der Waals surface area (Å²) in [7, 11) is -3.41. The van der Waals surface area contributed by atoms with E-state index in [1.165, 1.54) is 24.0 Å². The van der Waals surface area contributed by atoms with Crippen molar-refractivity contribution in [1.82, 2.24) is 9.62 Å². The molecule has 0 bridgehead atoms. The lowest BCUT2D eigenvalue weighted by Gasteiger charge is -2.35. The van der Waals surface area contributed by atoms with Gasteiger partial charge < -0.3 is 0 Å². The first-order valence-electron chi connectivity index (χ1n) is 9.46. The van der Waals surface area contributed by atoms with E-state index in [9.17, 15) is 8.42 Å². The average molecular weight is 407 g/mol.